The lowest BCUT2D eigenvalue weighted by Crippen LogP contribution is -2.63. The lowest BCUT2D eigenvalue weighted by atomic mass is 9.92. The highest BCUT2D eigenvalue weighted by Gasteiger charge is 2.42. The van der Waals surface area contributed by atoms with Crippen molar-refractivity contribution in [1.82, 2.24) is 10.3 Å². The number of hydrogen-bond donors (Lipinski definition) is 2. The monoisotopic (exact) mass is 363 g/mol. The van der Waals surface area contributed by atoms with Gasteiger partial charge in [0.25, 0.3) is 5.91 Å². The molecule has 1 aliphatic heterocycles. The maximum Gasteiger partial charge on any atom is 0.270 e. The van der Waals surface area contributed by atoms with Crippen LogP contribution in [0.5, 0.6) is 0 Å². The number of carbonyl (C=O) groups is 2. The fourth-order valence-corrected chi connectivity index (χ4v) is 3.90. The topological polar surface area (TPSA) is 94.3 Å². The summed E-state index contributed by atoms with van der Waals surface area (Å²) in [5.74, 6) is 1.38. The van der Waals surface area contributed by atoms with Crippen LogP contribution in [0.3, 0.4) is 0 Å². The third-order valence-electron chi connectivity index (χ3n) is 4.34. The van der Waals surface area contributed by atoms with Crippen LogP contribution < -0.4 is 11.1 Å². The number of rotatable bonds is 8. The van der Waals surface area contributed by atoms with Gasteiger partial charge in [-0.2, -0.15) is 0 Å². The maximum atomic E-state index is 12.6. The normalized spacial score (nSPS) is 18.7. The van der Waals surface area contributed by atoms with E-state index in [4.69, 9.17) is 10.5 Å². The molecule has 1 aliphatic carbocycles. The van der Waals surface area contributed by atoms with E-state index in [1.54, 1.807) is 17.8 Å². The van der Waals surface area contributed by atoms with Gasteiger partial charge in [0, 0.05) is 5.75 Å². The van der Waals surface area contributed by atoms with E-state index in [0.29, 0.717) is 30.7 Å². The molecule has 6 nitrogen and oxygen atoms in total. The number of aromatic nitrogens is 1. The van der Waals surface area contributed by atoms with Crippen LogP contribution in [-0.2, 0) is 9.53 Å². The number of carbonyl (C=O) groups excluding carboxylic acids is 2. The predicted molar refractivity (Wildman–Crippen MR) is 96.6 cm³/mol. The van der Waals surface area contributed by atoms with E-state index < -0.39 is 11.4 Å². The minimum Gasteiger partial charge on any atom is -0.376 e. The highest BCUT2D eigenvalue weighted by Crippen LogP contribution is 2.43. The number of nitrogens with one attached hydrogen (secondary N) is 1. The lowest BCUT2D eigenvalue weighted by molar-refractivity contribution is -0.127. The molecule has 2 aliphatic rings. The molecule has 3 rings (SSSR count). The van der Waals surface area contributed by atoms with E-state index in [1.165, 1.54) is 18.4 Å². The van der Waals surface area contributed by atoms with E-state index in [2.05, 4.69) is 24.1 Å². The second-order valence-corrected chi connectivity index (χ2v) is 8.45. The molecule has 1 aromatic heterocycles. The van der Waals surface area contributed by atoms with Crippen molar-refractivity contribution < 1.29 is 14.3 Å². The van der Waals surface area contributed by atoms with E-state index in [0.717, 1.165) is 10.8 Å². The van der Waals surface area contributed by atoms with Crippen molar-refractivity contribution in [3.8, 4) is 0 Å². The Morgan fingerprint density at radius 1 is 1.40 bits per heavy atom. The molecule has 0 spiro atoms. The number of ether oxygens (including phenoxy) is 1. The van der Waals surface area contributed by atoms with Gasteiger partial charge in [-0.3, -0.25) is 9.59 Å². The van der Waals surface area contributed by atoms with Gasteiger partial charge in [0.15, 0.2) is 0 Å². The second kappa shape index (κ2) is 7.33. The first-order chi connectivity index (χ1) is 11.9. The van der Waals surface area contributed by atoms with Crippen LogP contribution in [-0.4, -0.2) is 41.3 Å². The van der Waals surface area contributed by atoms with Crippen molar-refractivity contribution in [2.24, 2.45) is 11.7 Å². The zero-order chi connectivity index (χ0) is 18.0. The summed E-state index contributed by atoms with van der Waals surface area (Å²) in [5.41, 5.74) is 6.23. The van der Waals surface area contributed by atoms with Crippen molar-refractivity contribution in [3.05, 3.63) is 23.4 Å². The molecule has 3 N–H and O–H groups in total. The van der Waals surface area contributed by atoms with Gasteiger partial charge >= 0.3 is 0 Å². The van der Waals surface area contributed by atoms with E-state index >= 15 is 0 Å². The molecule has 0 bridgehead atoms. The van der Waals surface area contributed by atoms with Crippen LogP contribution in [0.4, 0.5) is 0 Å². The molecular weight excluding hydrogens is 338 g/mol. The number of thioether (sulfide) groups is 1. The lowest BCUT2D eigenvalue weighted by Gasteiger charge is -2.41. The SMILES string of the molecule is CC(C)CSc1nc(C(=O)NC2(CC(N)=O)COC2)ccc1C1CC1. The standard InChI is InChI=1S/C18H25N3O3S/c1-11(2)8-25-17-13(12-3-4-12)5-6-14(20-17)16(23)21-18(7-15(19)22)9-24-10-18/h5-6,11-12H,3-4,7-10H2,1-2H3,(H2,19,22)(H,21,23). The predicted octanol–water partition coefficient (Wildman–Crippen LogP) is 2.08. The second-order valence-electron chi connectivity index (χ2n) is 7.44. The molecule has 1 aromatic rings. The quantitative estimate of drug-likeness (QED) is 0.690. The number of nitrogens with zero attached hydrogens (tertiary/aromatic N) is 1. The molecular formula is C18H25N3O3S. The average Bonchev–Trinajstić information content (AvgIpc) is 3.34. The minimum atomic E-state index is -0.689. The Kier molecular flexibility index (Phi) is 5.34. The first kappa shape index (κ1) is 18.2. The Morgan fingerprint density at radius 3 is 2.64 bits per heavy atom. The Hall–Kier alpha value is -1.60. The molecule has 0 atom stereocenters. The Morgan fingerprint density at radius 2 is 2.12 bits per heavy atom. The molecule has 2 amide bonds. The summed E-state index contributed by atoms with van der Waals surface area (Å²) in [4.78, 5) is 28.5. The Balaban J connectivity index is 1.75. The van der Waals surface area contributed by atoms with Gasteiger partial charge in [-0.15, -0.1) is 11.8 Å². The molecule has 0 unspecified atom stereocenters. The number of amides is 2. The molecule has 2 heterocycles. The van der Waals surface area contributed by atoms with Crippen LogP contribution in [0.15, 0.2) is 17.2 Å². The molecule has 25 heavy (non-hydrogen) atoms. The van der Waals surface area contributed by atoms with Crippen LogP contribution in [0, 0.1) is 5.92 Å². The third kappa shape index (κ3) is 4.52. The summed E-state index contributed by atoms with van der Waals surface area (Å²) in [5, 5.41) is 3.85. The minimum absolute atomic E-state index is 0.0772. The molecule has 0 radical (unpaired) electrons. The zero-order valence-corrected chi connectivity index (χ0v) is 15.5. The first-order valence-electron chi connectivity index (χ1n) is 8.71. The van der Waals surface area contributed by atoms with Gasteiger partial charge in [-0.05, 0) is 36.3 Å². The zero-order valence-electron chi connectivity index (χ0n) is 14.7. The van der Waals surface area contributed by atoms with E-state index in [-0.39, 0.29) is 12.3 Å². The van der Waals surface area contributed by atoms with Gasteiger partial charge in [0.2, 0.25) is 5.91 Å². The van der Waals surface area contributed by atoms with Gasteiger partial charge < -0.3 is 15.8 Å². The van der Waals surface area contributed by atoms with Gasteiger partial charge in [0.05, 0.1) is 25.2 Å². The molecule has 1 saturated heterocycles. The van der Waals surface area contributed by atoms with E-state index in [1.807, 2.05) is 6.07 Å². The van der Waals surface area contributed by atoms with Crippen molar-refractivity contribution in [3.63, 3.8) is 0 Å². The number of nitrogens with two attached hydrogens (primary N) is 1. The summed E-state index contributed by atoms with van der Waals surface area (Å²) < 4.78 is 5.18. The number of pyridine rings is 1. The van der Waals surface area contributed by atoms with Crippen LogP contribution >= 0.6 is 11.8 Å². The molecule has 1 saturated carbocycles. The smallest absolute Gasteiger partial charge is 0.270 e. The summed E-state index contributed by atoms with van der Waals surface area (Å²) in [7, 11) is 0. The first-order valence-corrected chi connectivity index (χ1v) is 9.69. The molecule has 7 heteroatoms. The number of hydrogen-bond acceptors (Lipinski definition) is 5. The fraction of sp³-hybridized carbons (Fsp3) is 0.611. The largest absolute Gasteiger partial charge is 0.376 e. The van der Waals surface area contributed by atoms with Gasteiger partial charge in [-0.25, -0.2) is 4.98 Å². The summed E-state index contributed by atoms with van der Waals surface area (Å²) in [6.07, 6.45) is 2.47. The molecule has 0 aromatic carbocycles. The van der Waals surface area contributed by atoms with Gasteiger partial charge in [0.1, 0.15) is 10.7 Å². The highest BCUT2D eigenvalue weighted by atomic mass is 32.2. The third-order valence-corrected chi connectivity index (χ3v) is 5.77. The molecule has 136 valence electrons. The van der Waals surface area contributed by atoms with E-state index in [9.17, 15) is 9.59 Å². The number of primary amides is 1. The average molecular weight is 363 g/mol. The van der Waals surface area contributed by atoms with Crippen molar-refractivity contribution in [2.45, 2.75) is 49.6 Å². The van der Waals surface area contributed by atoms with Crippen molar-refractivity contribution in [1.29, 1.82) is 0 Å². The van der Waals surface area contributed by atoms with Crippen molar-refractivity contribution >= 4 is 23.6 Å². The fourth-order valence-electron chi connectivity index (χ4n) is 2.85. The van der Waals surface area contributed by atoms with Crippen LogP contribution in [0.2, 0.25) is 0 Å². The summed E-state index contributed by atoms with van der Waals surface area (Å²) in [6.45, 7) is 4.95. The van der Waals surface area contributed by atoms with Crippen LogP contribution in [0.1, 0.15) is 55.1 Å². The van der Waals surface area contributed by atoms with Crippen LogP contribution in [0.25, 0.3) is 0 Å². The summed E-state index contributed by atoms with van der Waals surface area (Å²) >= 11 is 1.71. The van der Waals surface area contributed by atoms with Crippen molar-refractivity contribution in [2.75, 3.05) is 19.0 Å². The molecule has 2 fully saturated rings. The van der Waals surface area contributed by atoms with Gasteiger partial charge in [-0.1, -0.05) is 19.9 Å². The Bertz CT molecular complexity index is 670. The Labute approximate surface area is 152 Å². The maximum absolute atomic E-state index is 12.6. The highest BCUT2D eigenvalue weighted by molar-refractivity contribution is 7.99. The summed E-state index contributed by atoms with van der Waals surface area (Å²) in [6, 6.07) is 3.81.